The molecule has 0 saturated carbocycles. The van der Waals surface area contributed by atoms with E-state index in [1.54, 1.807) is 0 Å². The lowest BCUT2D eigenvalue weighted by molar-refractivity contribution is -0.118. The number of benzene rings is 2. The smallest absolute Gasteiger partial charge is 0.262 e. The van der Waals surface area contributed by atoms with Gasteiger partial charge in [-0.05, 0) is 81.1 Å². The van der Waals surface area contributed by atoms with Crippen LogP contribution in [-0.2, 0) is 14.3 Å². The summed E-state index contributed by atoms with van der Waals surface area (Å²) in [5, 5.41) is 15.0. The minimum absolute atomic E-state index is 0.136. The number of morpholine rings is 1. The lowest BCUT2D eigenvalue weighted by Crippen LogP contribution is -2.45. The first-order chi connectivity index (χ1) is 15.7. The van der Waals surface area contributed by atoms with Crippen LogP contribution < -0.4 is 10.2 Å². The molecule has 6 nitrogen and oxygen atoms in total. The van der Waals surface area contributed by atoms with E-state index < -0.39 is 5.54 Å². The monoisotopic (exact) mass is 449 g/mol. The zero-order valence-corrected chi connectivity index (χ0v) is 20.4. The van der Waals surface area contributed by atoms with Crippen molar-refractivity contribution in [3.05, 3.63) is 47.5 Å². The molecule has 0 aliphatic carbocycles. The van der Waals surface area contributed by atoms with Crippen molar-refractivity contribution in [3.63, 3.8) is 0 Å². The highest BCUT2D eigenvalue weighted by molar-refractivity contribution is 6.05. The van der Waals surface area contributed by atoms with Gasteiger partial charge < -0.3 is 19.7 Å². The Balaban J connectivity index is 1.79. The maximum Gasteiger partial charge on any atom is 0.262 e. The van der Waals surface area contributed by atoms with E-state index in [9.17, 15) is 10.1 Å². The average Bonchev–Trinajstić information content (AvgIpc) is 2.78. The van der Waals surface area contributed by atoms with Gasteiger partial charge in [-0.2, -0.15) is 5.26 Å². The van der Waals surface area contributed by atoms with E-state index in [2.05, 4.69) is 40.6 Å². The van der Waals surface area contributed by atoms with Crippen molar-refractivity contribution >= 4 is 27.9 Å². The van der Waals surface area contributed by atoms with Crippen LogP contribution >= 0.6 is 0 Å². The van der Waals surface area contributed by atoms with Gasteiger partial charge in [0.05, 0.1) is 19.3 Å². The fourth-order valence-electron chi connectivity index (χ4n) is 3.92. The molecule has 1 amide bonds. The van der Waals surface area contributed by atoms with Gasteiger partial charge >= 0.3 is 0 Å². The summed E-state index contributed by atoms with van der Waals surface area (Å²) in [4.78, 5) is 15.3. The molecule has 1 saturated heterocycles. The summed E-state index contributed by atoms with van der Waals surface area (Å²) >= 11 is 0. The van der Waals surface area contributed by atoms with Crippen LogP contribution in [0.25, 0.3) is 16.3 Å². The fourth-order valence-corrected chi connectivity index (χ4v) is 3.92. The van der Waals surface area contributed by atoms with Gasteiger partial charge in [0.2, 0.25) is 0 Å². The van der Waals surface area contributed by atoms with Crippen molar-refractivity contribution in [2.45, 2.75) is 52.7 Å². The zero-order chi connectivity index (χ0) is 24.0. The van der Waals surface area contributed by atoms with Gasteiger partial charge in [0.25, 0.3) is 5.91 Å². The van der Waals surface area contributed by atoms with Crippen LogP contribution in [0.5, 0.6) is 0 Å². The fraction of sp³-hybridized carbons (Fsp3) is 0.481. The van der Waals surface area contributed by atoms with Gasteiger partial charge in [0.1, 0.15) is 11.6 Å². The molecule has 1 N–H and O–H groups in total. The predicted octanol–water partition coefficient (Wildman–Crippen LogP) is 4.68. The summed E-state index contributed by atoms with van der Waals surface area (Å²) in [6, 6.07) is 14.6. The second-order valence-electron chi connectivity index (χ2n) is 9.47. The van der Waals surface area contributed by atoms with E-state index in [-0.39, 0.29) is 17.6 Å². The third kappa shape index (κ3) is 6.56. The number of nitrogens with zero attached hydrogens (tertiary/aromatic N) is 2. The highest BCUT2D eigenvalue weighted by atomic mass is 16.5. The quantitative estimate of drug-likeness (QED) is 0.468. The standard InChI is InChI=1S/C27H35N3O3/c1-19(2)33-13-10-27(4,5)29-26(31)25(18-28)20(3)21-6-7-23-17-24(9-8-22(23)16-21)30-11-14-32-15-12-30/h6-9,16-17,19H,10-15H2,1-5H3,(H,29,31)/b25-20+. The van der Waals surface area contributed by atoms with E-state index in [1.807, 2.05) is 46.8 Å². The lowest BCUT2D eigenvalue weighted by Gasteiger charge is -2.29. The molecule has 3 rings (SSSR count). The molecule has 0 unspecified atom stereocenters. The molecule has 33 heavy (non-hydrogen) atoms. The Morgan fingerprint density at radius 3 is 2.52 bits per heavy atom. The van der Waals surface area contributed by atoms with Crippen molar-refractivity contribution in [1.29, 1.82) is 5.26 Å². The van der Waals surface area contributed by atoms with Gasteiger partial charge in [-0.15, -0.1) is 0 Å². The van der Waals surface area contributed by atoms with Crippen LogP contribution in [-0.4, -0.2) is 50.5 Å². The van der Waals surface area contributed by atoms with Gasteiger partial charge in [-0.3, -0.25) is 4.79 Å². The van der Waals surface area contributed by atoms with Crippen molar-refractivity contribution < 1.29 is 14.3 Å². The number of hydrogen-bond donors (Lipinski definition) is 1. The molecular weight excluding hydrogens is 414 g/mol. The number of nitriles is 1. The molecule has 1 heterocycles. The van der Waals surface area contributed by atoms with E-state index >= 15 is 0 Å². The van der Waals surface area contributed by atoms with Crippen LogP contribution in [0, 0.1) is 11.3 Å². The number of nitrogens with one attached hydrogen (secondary N) is 1. The number of hydrogen-bond acceptors (Lipinski definition) is 5. The Morgan fingerprint density at radius 1 is 1.18 bits per heavy atom. The summed E-state index contributed by atoms with van der Waals surface area (Å²) < 4.78 is 11.1. The first kappa shape index (κ1) is 24.8. The maximum absolute atomic E-state index is 12.9. The molecular formula is C27H35N3O3. The lowest BCUT2D eigenvalue weighted by atomic mass is 9.96. The molecule has 176 valence electrons. The Kier molecular flexibility index (Phi) is 8.12. The summed E-state index contributed by atoms with van der Waals surface area (Å²) in [5.41, 5.74) is 2.38. The number of carbonyl (C=O) groups is 1. The summed E-state index contributed by atoms with van der Waals surface area (Å²) in [5.74, 6) is -0.354. The van der Waals surface area contributed by atoms with Crippen molar-refractivity contribution in [2.24, 2.45) is 0 Å². The van der Waals surface area contributed by atoms with Crippen molar-refractivity contribution in [1.82, 2.24) is 5.32 Å². The molecule has 0 atom stereocenters. The highest BCUT2D eigenvalue weighted by Gasteiger charge is 2.24. The van der Waals surface area contributed by atoms with E-state index in [0.29, 0.717) is 18.6 Å². The molecule has 2 aromatic rings. The summed E-state index contributed by atoms with van der Waals surface area (Å²) in [6.45, 7) is 13.5. The molecule has 0 spiro atoms. The normalized spacial score (nSPS) is 15.4. The average molecular weight is 450 g/mol. The van der Waals surface area contributed by atoms with Crippen LogP contribution in [0.1, 0.15) is 46.6 Å². The first-order valence-electron chi connectivity index (χ1n) is 11.6. The molecule has 2 aromatic carbocycles. The number of fused-ring (bicyclic) bond motifs is 1. The van der Waals surface area contributed by atoms with Gasteiger partial charge in [-0.1, -0.05) is 18.2 Å². The largest absolute Gasteiger partial charge is 0.379 e. The third-order valence-corrected chi connectivity index (χ3v) is 5.98. The third-order valence-electron chi connectivity index (χ3n) is 5.98. The van der Waals surface area contributed by atoms with Crippen LogP contribution in [0.3, 0.4) is 0 Å². The van der Waals surface area contributed by atoms with E-state index in [1.165, 1.54) is 5.69 Å². The maximum atomic E-state index is 12.9. The van der Waals surface area contributed by atoms with Crippen LogP contribution in [0.2, 0.25) is 0 Å². The molecule has 0 bridgehead atoms. The predicted molar refractivity (Wildman–Crippen MR) is 133 cm³/mol. The van der Waals surface area contributed by atoms with Crippen molar-refractivity contribution in [2.75, 3.05) is 37.8 Å². The molecule has 1 aliphatic heterocycles. The van der Waals surface area contributed by atoms with Gasteiger partial charge in [0.15, 0.2) is 0 Å². The summed E-state index contributed by atoms with van der Waals surface area (Å²) in [7, 11) is 0. The van der Waals surface area contributed by atoms with E-state index in [0.717, 1.165) is 42.6 Å². The molecule has 6 heteroatoms. The Bertz CT molecular complexity index is 1060. The number of carbonyl (C=O) groups excluding carboxylic acids is 1. The molecule has 1 aliphatic rings. The zero-order valence-electron chi connectivity index (χ0n) is 20.4. The molecule has 0 radical (unpaired) electrons. The Hall–Kier alpha value is -2.88. The molecule has 0 aromatic heterocycles. The first-order valence-corrected chi connectivity index (χ1v) is 11.6. The van der Waals surface area contributed by atoms with E-state index in [4.69, 9.17) is 9.47 Å². The summed E-state index contributed by atoms with van der Waals surface area (Å²) in [6.07, 6.45) is 0.807. The Labute approximate surface area is 197 Å². The second kappa shape index (κ2) is 10.8. The van der Waals surface area contributed by atoms with Crippen LogP contribution in [0.15, 0.2) is 42.0 Å². The number of rotatable bonds is 8. The van der Waals surface area contributed by atoms with Gasteiger partial charge in [-0.25, -0.2) is 0 Å². The molecule has 1 fully saturated rings. The van der Waals surface area contributed by atoms with Crippen LogP contribution in [0.4, 0.5) is 5.69 Å². The van der Waals surface area contributed by atoms with Gasteiger partial charge in [0, 0.05) is 30.9 Å². The topological polar surface area (TPSA) is 74.6 Å². The van der Waals surface area contributed by atoms with Crippen molar-refractivity contribution in [3.8, 4) is 6.07 Å². The number of allylic oxidation sites excluding steroid dienone is 1. The number of amides is 1. The second-order valence-corrected chi connectivity index (χ2v) is 9.47. The number of anilines is 1. The number of ether oxygens (including phenoxy) is 2. The minimum atomic E-state index is -0.479. The highest BCUT2D eigenvalue weighted by Crippen LogP contribution is 2.27. The minimum Gasteiger partial charge on any atom is -0.379 e. The SMILES string of the molecule is C/C(=C(/C#N)C(=O)NC(C)(C)CCOC(C)C)c1ccc2cc(N3CCOCC3)ccc2c1. The Morgan fingerprint density at radius 2 is 1.85 bits per heavy atom.